The predicted molar refractivity (Wildman–Crippen MR) is 59.4 cm³/mol. The normalized spacial score (nSPS) is 9.43. The molecule has 0 atom stereocenters. The van der Waals surface area contributed by atoms with Gasteiger partial charge in [-0.25, -0.2) is 0 Å². The highest BCUT2D eigenvalue weighted by Gasteiger charge is 1.84. The standard InChI is InChI=1S/C13H11N/c1-2-4-8-12-9-5-6-10-13(12)14-11-7-3-1/h1-11H. The minimum atomic E-state index is 1.00. The topological polar surface area (TPSA) is 12.9 Å². The van der Waals surface area contributed by atoms with E-state index in [-0.39, 0.29) is 0 Å². The summed E-state index contributed by atoms with van der Waals surface area (Å²) in [6.45, 7) is 0. The van der Waals surface area contributed by atoms with Gasteiger partial charge < -0.3 is 0 Å². The molecular weight excluding hydrogens is 170 g/mol. The van der Waals surface area contributed by atoms with Crippen molar-refractivity contribution >= 4 is 10.9 Å². The molecule has 0 radical (unpaired) electrons. The van der Waals surface area contributed by atoms with E-state index in [0.717, 1.165) is 10.9 Å². The molecule has 1 aromatic heterocycles. The molecule has 0 aliphatic heterocycles. The molecule has 14 heavy (non-hydrogen) atoms. The maximum Gasteiger partial charge on any atom is 0.0701 e. The van der Waals surface area contributed by atoms with Crippen LogP contribution in [0, 0.1) is 0 Å². The number of rotatable bonds is 0. The van der Waals surface area contributed by atoms with Crippen molar-refractivity contribution in [3.63, 3.8) is 0 Å². The first-order valence-electron chi connectivity index (χ1n) is 4.60. The molecule has 0 saturated carbocycles. The van der Waals surface area contributed by atoms with E-state index < -0.39 is 0 Å². The molecule has 0 saturated heterocycles. The van der Waals surface area contributed by atoms with Crippen LogP contribution in [0.1, 0.15) is 0 Å². The summed E-state index contributed by atoms with van der Waals surface area (Å²) in [7, 11) is 0. The van der Waals surface area contributed by atoms with Crippen molar-refractivity contribution in [1.82, 2.24) is 4.98 Å². The number of para-hydroxylation sites is 1. The summed E-state index contributed by atoms with van der Waals surface area (Å²) < 4.78 is 0. The Kier molecular flexibility index (Phi) is 2.72. The van der Waals surface area contributed by atoms with Gasteiger partial charge in [-0.3, -0.25) is 4.98 Å². The average molecular weight is 181 g/mol. The van der Waals surface area contributed by atoms with Gasteiger partial charge in [0.25, 0.3) is 0 Å². The maximum absolute atomic E-state index is 4.35. The Labute approximate surface area is 83.4 Å². The minimum absolute atomic E-state index is 1.00. The van der Waals surface area contributed by atoms with Crippen LogP contribution >= 0.6 is 0 Å². The van der Waals surface area contributed by atoms with Crippen LogP contribution in [0.15, 0.2) is 66.9 Å². The maximum atomic E-state index is 4.35. The zero-order valence-electron chi connectivity index (χ0n) is 7.80. The molecule has 1 aromatic carbocycles. The summed E-state index contributed by atoms with van der Waals surface area (Å²) in [5.74, 6) is 0. The molecule has 0 aliphatic carbocycles. The van der Waals surface area contributed by atoms with Gasteiger partial charge in [-0.05, 0) is 12.1 Å². The largest absolute Gasteiger partial charge is 0.256 e. The summed E-state index contributed by atoms with van der Waals surface area (Å²) in [6.07, 6.45) is 1.81. The molecule has 0 aliphatic rings. The lowest BCUT2D eigenvalue weighted by atomic mass is 10.2. The number of benzene rings is 1. The molecule has 0 N–H and O–H groups in total. The molecule has 1 heterocycles. The van der Waals surface area contributed by atoms with Crippen molar-refractivity contribution in [1.29, 1.82) is 0 Å². The molecule has 68 valence electrons. The fourth-order valence-corrected chi connectivity index (χ4v) is 1.27. The highest BCUT2D eigenvalue weighted by molar-refractivity contribution is 5.77. The third-order valence-corrected chi connectivity index (χ3v) is 1.96. The minimum Gasteiger partial charge on any atom is -0.256 e. The quantitative estimate of drug-likeness (QED) is 0.607. The van der Waals surface area contributed by atoms with Crippen LogP contribution < -0.4 is 0 Å². The summed E-state index contributed by atoms with van der Waals surface area (Å²) >= 11 is 0. The summed E-state index contributed by atoms with van der Waals surface area (Å²) in [5, 5.41) is 1.14. The zero-order chi connectivity index (χ0) is 9.64. The molecule has 1 nitrogen and oxygen atoms in total. The highest BCUT2D eigenvalue weighted by atomic mass is 14.6. The number of nitrogens with zero attached hydrogens (tertiary/aromatic N) is 1. The second-order valence-corrected chi connectivity index (χ2v) is 2.97. The Morgan fingerprint density at radius 1 is 0.643 bits per heavy atom. The number of aromatic nitrogens is 1. The first kappa shape index (κ1) is 8.70. The average Bonchev–Trinajstić information content (AvgIpc) is 2.25. The van der Waals surface area contributed by atoms with E-state index in [0.29, 0.717) is 0 Å². The monoisotopic (exact) mass is 181 g/mol. The number of fused-ring (bicyclic) bond motifs is 1. The van der Waals surface area contributed by atoms with Gasteiger partial charge in [0.2, 0.25) is 0 Å². The molecule has 0 spiro atoms. The van der Waals surface area contributed by atoms with Crippen LogP contribution in [0.3, 0.4) is 0 Å². The van der Waals surface area contributed by atoms with Crippen molar-refractivity contribution in [2.75, 3.05) is 0 Å². The van der Waals surface area contributed by atoms with Crippen molar-refractivity contribution in [3.8, 4) is 0 Å². The first-order chi connectivity index (χ1) is 6.97. The molecule has 0 bridgehead atoms. The van der Waals surface area contributed by atoms with Gasteiger partial charge in [-0.1, -0.05) is 48.5 Å². The Bertz CT molecular complexity index is 430. The van der Waals surface area contributed by atoms with E-state index >= 15 is 0 Å². The molecule has 0 unspecified atom stereocenters. The SMILES string of the molecule is c1cccnc2ccccc2ccc1. The van der Waals surface area contributed by atoms with E-state index in [9.17, 15) is 0 Å². The van der Waals surface area contributed by atoms with Crippen molar-refractivity contribution in [2.45, 2.75) is 0 Å². The lowest BCUT2D eigenvalue weighted by molar-refractivity contribution is 1.43. The van der Waals surface area contributed by atoms with Gasteiger partial charge >= 0.3 is 0 Å². The Morgan fingerprint density at radius 2 is 1.29 bits per heavy atom. The second-order valence-electron chi connectivity index (χ2n) is 2.97. The number of hydrogen-bond acceptors (Lipinski definition) is 1. The van der Waals surface area contributed by atoms with Crippen LogP contribution in [-0.2, 0) is 0 Å². The van der Waals surface area contributed by atoms with E-state index in [1.807, 2.05) is 54.7 Å². The van der Waals surface area contributed by atoms with Gasteiger partial charge in [-0.15, -0.1) is 0 Å². The molecule has 2 aromatic rings. The van der Waals surface area contributed by atoms with Crippen LogP contribution in [0.25, 0.3) is 10.9 Å². The summed E-state index contributed by atoms with van der Waals surface area (Å²) in [6, 6.07) is 20.0. The van der Waals surface area contributed by atoms with E-state index in [1.165, 1.54) is 0 Å². The Morgan fingerprint density at radius 3 is 2.21 bits per heavy atom. The lowest BCUT2D eigenvalue weighted by Crippen LogP contribution is -1.70. The zero-order valence-corrected chi connectivity index (χ0v) is 7.80. The molecule has 0 fully saturated rings. The number of hydrogen-bond donors (Lipinski definition) is 0. The predicted octanol–water partition coefficient (Wildman–Crippen LogP) is 3.36. The van der Waals surface area contributed by atoms with Crippen LogP contribution in [-0.4, -0.2) is 4.98 Å². The Hall–Kier alpha value is -1.89. The molecule has 0 amide bonds. The molecule has 2 rings (SSSR count). The summed E-state index contributed by atoms with van der Waals surface area (Å²) in [5.41, 5.74) is 1.00. The summed E-state index contributed by atoms with van der Waals surface area (Å²) in [4.78, 5) is 4.35. The van der Waals surface area contributed by atoms with Gasteiger partial charge in [0.05, 0.1) is 5.52 Å². The van der Waals surface area contributed by atoms with Gasteiger partial charge in [-0.2, -0.15) is 0 Å². The van der Waals surface area contributed by atoms with Gasteiger partial charge in [0, 0.05) is 11.6 Å². The fourth-order valence-electron chi connectivity index (χ4n) is 1.27. The second kappa shape index (κ2) is 4.38. The van der Waals surface area contributed by atoms with Crippen molar-refractivity contribution in [3.05, 3.63) is 66.9 Å². The van der Waals surface area contributed by atoms with E-state index in [2.05, 4.69) is 17.1 Å². The lowest BCUT2D eigenvalue weighted by Gasteiger charge is -1.89. The highest BCUT2D eigenvalue weighted by Crippen LogP contribution is 2.06. The van der Waals surface area contributed by atoms with Crippen LogP contribution in [0.2, 0.25) is 0 Å². The third-order valence-electron chi connectivity index (χ3n) is 1.96. The Balaban J connectivity index is 2.76. The van der Waals surface area contributed by atoms with Crippen molar-refractivity contribution < 1.29 is 0 Å². The van der Waals surface area contributed by atoms with Gasteiger partial charge in [0.15, 0.2) is 0 Å². The van der Waals surface area contributed by atoms with Crippen LogP contribution in [0.4, 0.5) is 0 Å². The smallest absolute Gasteiger partial charge is 0.0701 e. The van der Waals surface area contributed by atoms with E-state index in [1.54, 1.807) is 0 Å². The molecule has 1 heteroatoms. The van der Waals surface area contributed by atoms with Gasteiger partial charge in [0.1, 0.15) is 0 Å². The first-order valence-corrected chi connectivity index (χ1v) is 4.60. The van der Waals surface area contributed by atoms with Crippen LogP contribution in [0.5, 0.6) is 0 Å². The van der Waals surface area contributed by atoms with E-state index in [4.69, 9.17) is 0 Å². The van der Waals surface area contributed by atoms with Crippen molar-refractivity contribution in [2.24, 2.45) is 0 Å². The fraction of sp³-hybridized carbons (Fsp3) is 0. The third kappa shape index (κ3) is 2.07. The molecular formula is C13H11N.